The van der Waals surface area contributed by atoms with Gasteiger partial charge in [0.2, 0.25) is 21.8 Å². The Labute approximate surface area is 222 Å². The summed E-state index contributed by atoms with van der Waals surface area (Å²) in [5.41, 5.74) is 4.20. The van der Waals surface area contributed by atoms with Gasteiger partial charge in [0.15, 0.2) is 0 Å². The minimum atomic E-state index is -3.75. The summed E-state index contributed by atoms with van der Waals surface area (Å²) in [7, 11) is -3.75. The first-order valence-corrected chi connectivity index (χ1v) is 15.0. The molecule has 0 heterocycles. The van der Waals surface area contributed by atoms with Crippen molar-refractivity contribution in [3.05, 3.63) is 64.7 Å². The van der Waals surface area contributed by atoms with Crippen LogP contribution in [0.25, 0.3) is 0 Å². The van der Waals surface area contributed by atoms with E-state index in [9.17, 15) is 18.0 Å². The van der Waals surface area contributed by atoms with E-state index < -0.39 is 22.0 Å². The van der Waals surface area contributed by atoms with E-state index in [1.54, 1.807) is 17.0 Å². The molecule has 1 aliphatic carbocycles. The van der Waals surface area contributed by atoms with Gasteiger partial charge in [-0.15, -0.1) is 0 Å². The molecule has 0 bridgehead atoms. The van der Waals surface area contributed by atoms with Gasteiger partial charge in [-0.2, -0.15) is 0 Å². The Morgan fingerprint density at radius 1 is 1.00 bits per heavy atom. The summed E-state index contributed by atoms with van der Waals surface area (Å²) in [5, 5.41) is 3.17. The normalized spacial score (nSPS) is 15.2. The van der Waals surface area contributed by atoms with Crippen molar-refractivity contribution in [2.24, 2.45) is 0 Å². The molecule has 0 radical (unpaired) electrons. The molecule has 2 aromatic carbocycles. The monoisotopic (exact) mass is 527 g/mol. The quantitative estimate of drug-likeness (QED) is 0.488. The Hall–Kier alpha value is -2.87. The molecule has 202 valence electrons. The number of carbonyl (C=O) groups excluding carboxylic acids is 2. The van der Waals surface area contributed by atoms with Crippen LogP contribution in [-0.4, -0.2) is 50.0 Å². The molecule has 0 aliphatic heterocycles. The Balaban J connectivity index is 1.94. The number of anilines is 1. The molecular formula is C29H41N3O4S. The van der Waals surface area contributed by atoms with Crippen molar-refractivity contribution in [3.8, 4) is 0 Å². The molecule has 1 saturated carbocycles. The number of amides is 2. The summed E-state index contributed by atoms with van der Waals surface area (Å²) in [4.78, 5) is 28.9. The number of nitrogens with zero attached hydrogens (tertiary/aromatic N) is 2. The van der Waals surface area contributed by atoms with Gasteiger partial charge in [0.25, 0.3) is 0 Å². The van der Waals surface area contributed by atoms with Crippen molar-refractivity contribution in [2.75, 3.05) is 17.1 Å². The topological polar surface area (TPSA) is 86.8 Å². The van der Waals surface area contributed by atoms with Crippen LogP contribution in [0.1, 0.15) is 67.7 Å². The van der Waals surface area contributed by atoms with E-state index in [0.29, 0.717) is 12.1 Å². The summed E-state index contributed by atoms with van der Waals surface area (Å²) in [5.74, 6) is -0.577. The van der Waals surface area contributed by atoms with Gasteiger partial charge in [-0.3, -0.25) is 13.9 Å². The van der Waals surface area contributed by atoms with Crippen LogP contribution < -0.4 is 9.62 Å². The second-order valence-corrected chi connectivity index (χ2v) is 12.2. The van der Waals surface area contributed by atoms with Gasteiger partial charge in [-0.05, 0) is 74.4 Å². The van der Waals surface area contributed by atoms with Gasteiger partial charge in [-0.1, -0.05) is 56.5 Å². The number of rotatable bonds is 10. The van der Waals surface area contributed by atoms with Crippen LogP contribution in [0.4, 0.5) is 5.69 Å². The van der Waals surface area contributed by atoms with E-state index in [1.165, 1.54) is 6.42 Å². The van der Waals surface area contributed by atoms with Gasteiger partial charge >= 0.3 is 0 Å². The van der Waals surface area contributed by atoms with E-state index in [4.69, 9.17) is 0 Å². The van der Waals surface area contributed by atoms with E-state index in [0.717, 1.165) is 58.5 Å². The first-order chi connectivity index (χ1) is 17.5. The molecule has 1 fully saturated rings. The first-order valence-electron chi connectivity index (χ1n) is 13.2. The molecule has 3 rings (SSSR count). The Kier molecular flexibility index (Phi) is 9.76. The fourth-order valence-corrected chi connectivity index (χ4v) is 5.98. The molecule has 2 aromatic rings. The van der Waals surface area contributed by atoms with Crippen LogP contribution in [0.5, 0.6) is 0 Å². The number of hydrogen-bond donors (Lipinski definition) is 1. The molecule has 0 spiro atoms. The Morgan fingerprint density at radius 3 is 2.19 bits per heavy atom. The lowest BCUT2D eigenvalue weighted by atomic mass is 9.95. The third-order valence-electron chi connectivity index (χ3n) is 7.11. The molecule has 0 saturated heterocycles. The van der Waals surface area contributed by atoms with Crippen LogP contribution >= 0.6 is 0 Å². The van der Waals surface area contributed by atoms with Crippen LogP contribution in [0.3, 0.4) is 0 Å². The fraction of sp³-hybridized carbons (Fsp3) is 0.517. The Morgan fingerprint density at radius 2 is 1.62 bits per heavy atom. The second kappa shape index (κ2) is 12.6. The summed E-state index contributed by atoms with van der Waals surface area (Å²) in [6, 6.07) is 12.7. The van der Waals surface area contributed by atoms with Crippen molar-refractivity contribution in [1.29, 1.82) is 0 Å². The van der Waals surface area contributed by atoms with E-state index in [1.807, 2.05) is 58.0 Å². The summed E-state index contributed by atoms with van der Waals surface area (Å²) in [6.07, 6.45) is 6.79. The number of carbonyl (C=O) groups is 2. The number of sulfonamides is 1. The van der Waals surface area contributed by atoms with Crippen molar-refractivity contribution in [2.45, 2.75) is 84.8 Å². The maximum atomic E-state index is 13.9. The zero-order valence-corrected chi connectivity index (χ0v) is 23.6. The van der Waals surface area contributed by atoms with Crippen molar-refractivity contribution in [1.82, 2.24) is 10.2 Å². The molecule has 1 N–H and O–H groups in total. The van der Waals surface area contributed by atoms with Gasteiger partial charge in [-0.25, -0.2) is 8.42 Å². The number of benzene rings is 2. The van der Waals surface area contributed by atoms with Crippen LogP contribution in [0.15, 0.2) is 42.5 Å². The van der Waals surface area contributed by atoms with Crippen molar-refractivity contribution < 1.29 is 18.0 Å². The maximum Gasteiger partial charge on any atom is 0.244 e. The molecular weight excluding hydrogens is 486 g/mol. The third-order valence-corrected chi connectivity index (χ3v) is 8.25. The second-order valence-electron chi connectivity index (χ2n) is 10.3. The molecule has 1 aliphatic rings. The Bertz CT molecular complexity index is 1190. The molecule has 7 nitrogen and oxygen atoms in total. The van der Waals surface area contributed by atoms with E-state index in [2.05, 4.69) is 5.32 Å². The SMILES string of the molecule is CC[C@H](C(=O)NC1CCCCC1)N(Cc1ccccc1C)C(=O)CN(c1cc(C)cc(C)c1)S(C)(=O)=O. The average molecular weight is 528 g/mol. The number of nitrogens with one attached hydrogen (secondary N) is 1. The zero-order valence-electron chi connectivity index (χ0n) is 22.8. The predicted octanol–water partition coefficient (Wildman–Crippen LogP) is 4.63. The van der Waals surface area contributed by atoms with Gasteiger partial charge in [0.1, 0.15) is 12.6 Å². The highest BCUT2D eigenvalue weighted by Crippen LogP contribution is 2.24. The standard InChI is InChI=1S/C29H41N3O4S/c1-6-27(29(34)30-25-14-8-7-9-15-25)31(19-24-13-11-10-12-23(24)4)28(33)20-32(37(5,35)36)26-17-21(2)16-22(3)18-26/h10-13,16-18,25,27H,6-9,14-15,19-20H2,1-5H3,(H,30,34)/t27-/m1/s1. The van der Waals surface area contributed by atoms with Crippen molar-refractivity contribution in [3.63, 3.8) is 0 Å². The molecule has 8 heteroatoms. The molecule has 37 heavy (non-hydrogen) atoms. The minimum absolute atomic E-state index is 0.119. The summed E-state index contributed by atoms with van der Waals surface area (Å²) < 4.78 is 26.8. The number of aryl methyl sites for hydroxylation is 3. The molecule has 1 atom stereocenters. The smallest absolute Gasteiger partial charge is 0.244 e. The largest absolute Gasteiger partial charge is 0.352 e. The zero-order chi connectivity index (χ0) is 27.2. The highest BCUT2D eigenvalue weighted by Gasteiger charge is 2.33. The first kappa shape index (κ1) is 28.7. The highest BCUT2D eigenvalue weighted by molar-refractivity contribution is 7.92. The van der Waals surface area contributed by atoms with Gasteiger partial charge in [0.05, 0.1) is 11.9 Å². The third kappa shape index (κ3) is 7.81. The van der Waals surface area contributed by atoms with Crippen LogP contribution in [0, 0.1) is 20.8 Å². The van der Waals surface area contributed by atoms with Crippen LogP contribution in [-0.2, 0) is 26.2 Å². The highest BCUT2D eigenvalue weighted by atomic mass is 32.2. The summed E-state index contributed by atoms with van der Waals surface area (Å²) in [6.45, 7) is 7.51. The molecule has 2 amide bonds. The lowest BCUT2D eigenvalue weighted by molar-refractivity contribution is -0.140. The molecule has 0 unspecified atom stereocenters. The van der Waals surface area contributed by atoms with E-state index >= 15 is 0 Å². The average Bonchev–Trinajstić information content (AvgIpc) is 2.82. The van der Waals surface area contributed by atoms with E-state index in [-0.39, 0.29) is 25.0 Å². The van der Waals surface area contributed by atoms with Gasteiger partial charge < -0.3 is 10.2 Å². The van der Waals surface area contributed by atoms with Crippen molar-refractivity contribution >= 4 is 27.5 Å². The summed E-state index contributed by atoms with van der Waals surface area (Å²) >= 11 is 0. The maximum absolute atomic E-state index is 13.9. The fourth-order valence-electron chi connectivity index (χ4n) is 5.14. The predicted molar refractivity (Wildman–Crippen MR) is 149 cm³/mol. The lowest BCUT2D eigenvalue weighted by Gasteiger charge is -2.34. The minimum Gasteiger partial charge on any atom is -0.352 e. The lowest BCUT2D eigenvalue weighted by Crippen LogP contribution is -2.54. The molecule has 0 aromatic heterocycles. The van der Waals surface area contributed by atoms with Gasteiger partial charge in [0, 0.05) is 12.6 Å². The van der Waals surface area contributed by atoms with Crippen LogP contribution in [0.2, 0.25) is 0 Å². The number of hydrogen-bond acceptors (Lipinski definition) is 4.